The first-order valence-corrected chi connectivity index (χ1v) is 7.51. The number of carboxylic acid groups (broad SMARTS) is 1. The third-order valence-corrected chi connectivity index (χ3v) is 4.14. The van der Waals surface area contributed by atoms with E-state index in [2.05, 4.69) is 26.6 Å². The van der Waals surface area contributed by atoms with E-state index in [0.29, 0.717) is 10.7 Å². The summed E-state index contributed by atoms with van der Waals surface area (Å²) in [7, 11) is 0. The molecule has 0 aliphatic carbocycles. The van der Waals surface area contributed by atoms with Gasteiger partial charge in [-0.2, -0.15) is 0 Å². The van der Waals surface area contributed by atoms with Crippen LogP contribution in [0.1, 0.15) is 27.2 Å². The maximum atomic E-state index is 12.0. The molecule has 0 radical (unpaired) electrons. The zero-order valence-corrected chi connectivity index (χ0v) is 14.4. The molecule has 2 amide bonds. The van der Waals surface area contributed by atoms with Crippen LogP contribution in [0.4, 0.5) is 10.5 Å². The summed E-state index contributed by atoms with van der Waals surface area (Å²) in [4.78, 5) is 22.9. The number of amides is 2. The van der Waals surface area contributed by atoms with Gasteiger partial charge in [0.25, 0.3) is 0 Å². The molecule has 7 heteroatoms. The molecule has 0 bridgehead atoms. The van der Waals surface area contributed by atoms with Gasteiger partial charge in [0.1, 0.15) is 0 Å². The Kier molecular flexibility index (Phi) is 6.04. The third-order valence-electron chi connectivity index (χ3n) is 2.91. The monoisotopic (exact) mass is 376 g/mol. The molecule has 1 rings (SSSR count). The number of carbonyl (C=O) groups excluding carboxylic acids is 1. The Hall–Kier alpha value is -1.27. The smallest absolute Gasteiger partial charge is 0.319 e. The lowest BCUT2D eigenvalue weighted by atomic mass is 9.85. The number of hydrogen-bond donors (Lipinski definition) is 3. The highest BCUT2D eigenvalue weighted by molar-refractivity contribution is 9.10. The summed E-state index contributed by atoms with van der Waals surface area (Å²) in [6, 6.07) is 4.07. The number of benzene rings is 1. The van der Waals surface area contributed by atoms with Crippen LogP contribution in [0.5, 0.6) is 0 Å². The van der Waals surface area contributed by atoms with Crippen molar-refractivity contribution in [3.05, 3.63) is 27.7 Å². The minimum absolute atomic E-state index is 0.141. The van der Waals surface area contributed by atoms with E-state index in [1.165, 1.54) is 0 Å². The van der Waals surface area contributed by atoms with Gasteiger partial charge >= 0.3 is 12.0 Å². The predicted octanol–water partition coefficient (Wildman–Crippen LogP) is 4.11. The van der Waals surface area contributed by atoms with Crippen molar-refractivity contribution in [2.24, 2.45) is 5.41 Å². The second-order valence-electron chi connectivity index (χ2n) is 5.74. The number of urea groups is 1. The fourth-order valence-corrected chi connectivity index (χ4v) is 2.07. The molecule has 1 aromatic rings. The zero-order valence-electron chi connectivity index (χ0n) is 12.0. The third kappa shape index (κ3) is 5.93. The molecule has 0 aromatic heterocycles. The van der Waals surface area contributed by atoms with E-state index >= 15 is 0 Å². The van der Waals surface area contributed by atoms with Gasteiger partial charge in [-0.25, -0.2) is 4.79 Å². The Morgan fingerprint density at radius 3 is 2.48 bits per heavy atom. The van der Waals surface area contributed by atoms with Crippen LogP contribution in [-0.4, -0.2) is 23.1 Å². The SMILES string of the molecule is CC(C)(C)C(CC(=O)O)NC(=O)Nc1ccc(Br)c(Cl)c1. The second-order valence-corrected chi connectivity index (χ2v) is 7.01. The first-order chi connectivity index (χ1) is 9.59. The van der Waals surface area contributed by atoms with Gasteiger partial charge in [-0.3, -0.25) is 4.79 Å². The molecule has 0 saturated heterocycles. The number of anilines is 1. The van der Waals surface area contributed by atoms with Crippen molar-refractivity contribution in [2.45, 2.75) is 33.2 Å². The van der Waals surface area contributed by atoms with Crippen LogP contribution in [0.25, 0.3) is 0 Å². The van der Waals surface area contributed by atoms with Crippen LogP contribution < -0.4 is 10.6 Å². The number of carboxylic acids is 1. The van der Waals surface area contributed by atoms with Gasteiger partial charge in [0.2, 0.25) is 0 Å². The minimum Gasteiger partial charge on any atom is -0.481 e. The number of nitrogens with one attached hydrogen (secondary N) is 2. The molecule has 0 spiro atoms. The molecule has 1 unspecified atom stereocenters. The number of hydrogen-bond acceptors (Lipinski definition) is 2. The lowest BCUT2D eigenvalue weighted by Gasteiger charge is -2.30. The predicted molar refractivity (Wildman–Crippen MR) is 86.8 cm³/mol. The van der Waals surface area contributed by atoms with Gasteiger partial charge < -0.3 is 15.7 Å². The lowest BCUT2D eigenvalue weighted by Crippen LogP contribution is -2.46. The van der Waals surface area contributed by atoms with Crippen LogP contribution in [0.15, 0.2) is 22.7 Å². The van der Waals surface area contributed by atoms with Gasteiger partial charge in [-0.15, -0.1) is 0 Å². The van der Waals surface area contributed by atoms with Crippen molar-refractivity contribution in [3.8, 4) is 0 Å². The molecule has 0 fully saturated rings. The number of halogens is 2. The average molecular weight is 378 g/mol. The molecule has 1 atom stereocenters. The van der Waals surface area contributed by atoms with Gasteiger partial charge in [-0.05, 0) is 39.5 Å². The Morgan fingerprint density at radius 2 is 2.00 bits per heavy atom. The molecule has 0 saturated carbocycles. The Labute approximate surface area is 137 Å². The fourth-order valence-electron chi connectivity index (χ4n) is 1.65. The van der Waals surface area contributed by atoms with Crippen molar-refractivity contribution in [2.75, 3.05) is 5.32 Å². The van der Waals surface area contributed by atoms with E-state index in [9.17, 15) is 9.59 Å². The van der Waals surface area contributed by atoms with Crippen LogP contribution in [-0.2, 0) is 4.79 Å². The number of rotatable bonds is 4. The van der Waals surface area contributed by atoms with Gasteiger partial charge in [-0.1, -0.05) is 32.4 Å². The Balaban J connectivity index is 2.73. The van der Waals surface area contributed by atoms with E-state index in [1.54, 1.807) is 18.2 Å². The summed E-state index contributed by atoms with van der Waals surface area (Å²) in [5, 5.41) is 14.7. The standard InChI is InChI=1S/C14H18BrClN2O3/c1-14(2,3)11(7-12(19)20)18-13(21)17-8-4-5-9(15)10(16)6-8/h4-6,11H,7H2,1-3H3,(H,19,20)(H2,17,18,21). The van der Waals surface area contributed by atoms with Crippen LogP contribution in [0.3, 0.4) is 0 Å². The maximum Gasteiger partial charge on any atom is 0.319 e. The van der Waals surface area contributed by atoms with E-state index < -0.39 is 18.0 Å². The first kappa shape index (κ1) is 17.8. The van der Waals surface area contributed by atoms with E-state index in [0.717, 1.165) is 4.47 Å². The first-order valence-electron chi connectivity index (χ1n) is 6.34. The number of aliphatic carboxylic acids is 1. The summed E-state index contributed by atoms with van der Waals surface area (Å²) in [6.45, 7) is 5.62. The summed E-state index contributed by atoms with van der Waals surface area (Å²) in [5.74, 6) is -0.957. The summed E-state index contributed by atoms with van der Waals surface area (Å²) >= 11 is 9.21. The minimum atomic E-state index is -0.957. The molecule has 0 aliphatic heterocycles. The Morgan fingerprint density at radius 1 is 1.38 bits per heavy atom. The summed E-state index contributed by atoms with van der Waals surface area (Å²) < 4.78 is 0.730. The van der Waals surface area contributed by atoms with Crippen LogP contribution >= 0.6 is 27.5 Å². The van der Waals surface area contributed by atoms with E-state index in [4.69, 9.17) is 16.7 Å². The second kappa shape index (κ2) is 7.13. The zero-order chi connectivity index (χ0) is 16.2. The summed E-state index contributed by atoms with van der Waals surface area (Å²) in [5.41, 5.74) is 0.163. The van der Waals surface area contributed by atoms with Crippen molar-refractivity contribution in [1.29, 1.82) is 0 Å². The molecular formula is C14H18BrClN2O3. The molecule has 0 aliphatic rings. The quantitative estimate of drug-likeness (QED) is 0.738. The topological polar surface area (TPSA) is 78.4 Å². The molecule has 116 valence electrons. The average Bonchev–Trinajstić information content (AvgIpc) is 2.31. The highest BCUT2D eigenvalue weighted by Crippen LogP contribution is 2.26. The largest absolute Gasteiger partial charge is 0.481 e. The van der Waals surface area contributed by atoms with Crippen LogP contribution in [0.2, 0.25) is 5.02 Å². The molecule has 21 heavy (non-hydrogen) atoms. The van der Waals surface area contributed by atoms with Gasteiger partial charge in [0.05, 0.1) is 11.4 Å². The Bertz CT molecular complexity index is 544. The molecular weight excluding hydrogens is 360 g/mol. The van der Waals surface area contributed by atoms with E-state index in [-0.39, 0.29) is 11.8 Å². The number of carbonyl (C=O) groups is 2. The molecule has 3 N–H and O–H groups in total. The molecule has 0 heterocycles. The van der Waals surface area contributed by atoms with Crippen molar-refractivity contribution >= 4 is 45.2 Å². The molecule has 5 nitrogen and oxygen atoms in total. The highest BCUT2D eigenvalue weighted by atomic mass is 79.9. The molecule has 1 aromatic carbocycles. The summed E-state index contributed by atoms with van der Waals surface area (Å²) in [6.07, 6.45) is -0.141. The normalized spacial score (nSPS) is 12.6. The maximum absolute atomic E-state index is 12.0. The van der Waals surface area contributed by atoms with Crippen molar-refractivity contribution < 1.29 is 14.7 Å². The van der Waals surface area contributed by atoms with Crippen molar-refractivity contribution in [3.63, 3.8) is 0 Å². The van der Waals surface area contributed by atoms with Gasteiger partial charge in [0.15, 0.2) is 0 Å². The lowest BCUT2D eigenvalue weighted by molar-refractivity contribution is -0.138. The van der Waals surface area contributed by atoms with Gasteiger partial charge in [0, 0.05) is 16.2 Å². The van der Waals surface area contributed by atoms with Crippen molar-refractivity contribution in [1.82, 2.24) is 5.32 Å². The fraction of sp³-hybridized carbons (Fsp3) is 0.429. The van der Waals surface area contributed by atoms with Crippen LogP contribution in [0, 0.1) is 5.41 Å². The highest BCUT2D eigenvalue weighted by Gasteiger charge is 2.28. The van der Waals surface area contributed by atoms with E-state index in [1.807, 2.05) is 20.8 Å².